The molecular formula is C18H25BrN4O2. The first-order valence-corrected chi connectivity index (χ1v) is 9.04. The first-order valence-electron chi connectivity index (χ1n) is 8.24. The minimum Gasteiger partial charge on any atom is -0.444 e. The van der Waals surface area contributed by atoms with E-state index in [9.17, 15) is 4.79 Å². The molecule has 0 atom stereocenters. The van der Waals surface area contributed by atoms with Gasteiger partial charge in [-0.25, -0.2) is 4.79 Å². The highest BCUT2D eigenvalue weighted by molar-refractivity contribution is 9.10. The molecule has 0 radical (unpaired) electrons. The Labute approximate surface area is 156 Å². The maximum atomic E-state index is 11.4. The van der Waals surface area contributed by atoms with E-state index in [0.717, 1.165) is 41.3 Å². The van der Waals surface area contributed by atoms with Crippen molar-refractivity contribution in [2.75, 3.05) is 24.6 Å². The van der Waals surface area contributed by atoms with Gasteiger partial charge in [-0.2, -0.15) is 0 Å². The third-order valence-electron chi connectivity index (χ3n) is 3.66. The van der Waals surface area contributed by atoms with Crippen LogP contribution in [-0.4, -0.2) is 34.7 Å². The standard InChI is InChI=1S/C9H8BrN3.C9H17NO2/c10-5-1-2-8-6(3-5)9(12)7(11)4-13-8;1-9(2,3)12-8(11)10-6-4-5-7-10/h1-4H,11H2,(H2,12,13);4-7H2,1-3H3. The van der Waals surface area contributed by atoms with Crippen molar-refractivity contribution < 1.29 is 9.53 Å². The molecule has 0 saturated carbocycles. The number of amides is 1. The Bertz CT molecular complexity index is 747. The number of hydrogen-bond acceptors (Lipinski definition) is 5. The zero-order valence-electron chi connectivity index (χ0n) is 14.9. The molecule has 7 heteroatoms. The van der Waals surface area contributed by atoms with Crippen LogP contribution in [0, 0.1) is 0 Å². The second-order valence-electron chi connectivity index (χ2n) is 6.96. The number of carbonyl (C=O) groups is 1. The molecular weight excluding hydrogens is 384 g/mol. The predicted octanol–water partition coefficient (Wildman–Crippen LogP) is 4.18. The largest absolute Gasteiger partial charge is 0.444 e. The van der Waals surface area contributed by atoms with E-state index in [2.05, 4.69) is 20.9 Å². The molecule has 0 aliphatic carbocycles. The van der Waals surface area contributed by atoms with Crippen molar-refractivity contribution >= 4 is 44.3 Å². The summed E-state index contributed by atoms with van der Waals surface area (Å²) in [6, 6.07) is 5.73. The van der Waals surface area contributed by atoms with Crippen LogP contribution in [0.4, 0.5) is 16.2 Å². The van der Waals surface area contributed by atoms with Crippen LogP contribution in [0.25, 0.3) is 10.9 Å². The van der Waals surface area contributed by atoms with E-state index in [0.29, 0.717) is 11.4 Å². The Morgan fingerprint density at radius 3 is 2.48 bits per heavy atom. The van der Waals surface area contributed by atoms with Crippen LogP contribution < -0.4 is 11.5 Å². The van der Waals surface area contributed by atoms with Crippen molar-refractivity contribution in [3.63, 3.8) is 0 Å². The van der Waals surface area contributed by atoms with Crippen LogP contribution in [0.2, 0.25) is 0 Å². The summed E-state index contributed by atoms with van der Waals surface area (Å²) < 4.78 is 6.18. The number of nitrogens with zero attached hydrogens (tertiary/aromatic N) is 2. The molecule has 1 aliphatic heterocycles. The summed E-state index contributed by atoms with van der Waals surface area (Å²) in [5.74, 6) is 0. The number of fused-ring (bicyclic) bond motifs is 1. The molecule has 1 amide bonds. The molecule has 2 heterocycles. The van der Waals surface area contributed by atoms with Gasteiger partial charge in [0.15, 0.2) is 0 Å². The Hall–Kier alpha value is -2.02. The van der Waals surface area contributed by atoms with Crippen molar-refractivity contribution in [3.8, 4) is 0 Å². The Morgan fingerprint density at radius 2 is 1.88 bits per heavy atom. The first kappa shape index (κ1) is 19.3. The second-order valence-corrected chi connectivity index (χ2v) is 7.88. The van der Waals surface area contributed by atoms with Gasteiger partial charge in [0.05, 0.1) is 23.1 Å². The highest BCUT2D eigenvalue weighted by Crippen LogP contribution is 2.27. The molecule has 4 N–H and O–H groups in total. The normalized spacial score (nSPS) is 14.2. The number of rotatable bonds is 0. The Balaban J connectivity index is 0.000000181. The van der Waals surface area contributed by atoms with E-state index < -0.39 is 0 Å². The van der Waals surface area contributed by atoms with E-state index in [1.165, 1.54) is 0 Å². The summed E-state index contributed by atoms with van der Waals surface area (Å²) >= 11 is 3.37. The Kier molecular flexibility index (Phi) is 6.11. The molecule has 1 fully saturated rings. The molecule has 2 aromatic rings. The number of nitrogen functional groups attached to an aromatic ring is 2. The number of carbonyl (C=O) groups excluding carboxylic acids is 1. The van der Waals surface area contributed by atoms with E-state index in [-0.39, 0.29) is 11.7 Å². The van der Waals surface area contributed by atoms with Crippen LogP contribution >= 0.6 is 15.9 Å². The van der Waals surface area contributed by atoms with Gasteiger partial charge in [-0.1, -0.05) is 15.9 Å². The minimum absolute atomic E-state index is 0.167. The molecule has 3 rings (SSSR count). The molecule has 25 heavy (non-hydrogen) atoms. The maximum absolute atomic E-state index is 11.4. The van der Waals surface area contributed by atoms with Crippen LogP contribution in [0.3, 0.4) is 0 Å². The topological polar surface area (TPSA) is 94.5 Å². The quantitative estimate of drug-likeness (QED) is 0.681. The first-order chi connectivity index (χ1) is 11.7. The smallest absolute Gasteiger partial charge is 0.410 e. The highest BCUT2D eigenvalue weighted by Gasteiger charge is 2.23. The number of pyridine rings is 1. The second kappa shape index (κ2) is 7.91. The van der Waals surface area contributed by atoms with Crippen molar-refractivity contribution in [2.24, 2.45) is 0 Å². The number of hydrogen-bond donors (Lipinski definition) is 2. The van der Waals surface area contributed by atoms with E-state index in [4.69, 9.17) is 16.2 Å². The fraction of sp³-hybridized carbons (Fsp3) is 0.444. The monoisotopic (exact) mass is 408 g/mol. The van der Waals surface area contributed by atoms with Crippen molar-refractivity contribution in [2.45, 2.75) is 39.2 Å². The van der Waals surface area contributed by atoms with Gasteiger partial charge in [-0.15, -0.1) is 0 Å². The summed E-state index contributed by atoms with van der Waals surface area (Å²) in [4.78, 5) is 17.3. The molecule has 0 unspecified atom stereocenters. The van der Waals surface area contributed by atoms with Crippen molar-refractivity contribution in [1.29, 1.82) is 0 Å². The summed E-state index contributed by atoms with van der Waals surface area (Å²) in [6.07, 6.45) is 3.63. The van der Waals surface area contributed by atoms with Crippen LogP contribution in [0.15, 0.2) is 28.9 Å². The lowest BCUT2D eigenvalue weighted by molar-refractivity contribution is 0.0295. The van der Waals surface area contributed by atoms with Crippen LogP contribution in [0.5, 0.6) is 0 Å². The number of anilines is 2. The third kappa shape index (κ3) is 5.49. The zero-order chi connectivity index (χ0) is 18.6. The lowest BCUT2D eigenvalue weighted by atomic mass is 10.2. The third-order valence-corrected chi connectivity index (χ3v) is 4.15. The number of aromatic nitrogens is 1. The van der Waals surface area contributed by atoms with E-state index >= 15 is 0 Å². The fourth-order valence-electron chi connectivity index (χ4n) is 2.43. The SMILES string of the molecule is CC(C)(C)OC(=O)N1CCCC1.Nc1cnc2ccc(Br)cc2c1N. The van der Waals surface area contributed by atoms with E-state index in [1.807, 2.05) is 39.0 Å². The molecule has 0 spiro atoms. The molecule has 1 saturated heterocycles. The Morgan fingerprint density at radius 1 is 1.24 bits per heavy atom. The molecule has 6 nitrogen and oxygen atoms in total. The molecule has 1 aliphatic rings. The van der Waals surface area contributed by atoms with Gasteiger partial charge >= 0.3 is 6.09 Å². The molecule has 136 valence electrons. The number of halogens is 1. The average Bonchev–Trinajstić information content (AvgIpc) is 3.05. The fourth-order valence-corrected chi connectivity index (χ4v) is 2.79. The summed E-state index contributed by atoms with van der Waals surface area (Å²) in [5, 5.41) is 0.884. The summed E-state index contributed by atoms with van der Waals surface area (Å²) in [7, 11) is 0. The van der Waals surface area contributed by atoms with Gasteiger partial charge < -0.3 is 21.1 Å². The molecule has 1 aromatic heterocycles. The van der Waals surface area contributed by atoms with Crippen LogP contribution in [0.1, 0.15) is 33.6 Å². The minimum atomic E-state index is -0.361. The summed E-state index contributed by atoms with van der Waals surface area (Å²) in [5.41, 5.74) is 13.0. The van der Waals surface area contributed by atoms with Gasteiger partial charge in [0.25, 0.3) is 0 Å². The van der Waals surface area contributed by atoms with Gasteiger partial charge in [-0.3, -0.25) is 4.98 Å². The van der Waals surface area contributed by atoms with Crippen molar-refractivity contribution in [1.82, 2.24) is 9.88 Å². The lowest BCUT2D eigenvalue weighted by Gasteiger charge is -2.23. The van der Waals surface area contributed by atoms with Gasteiger partial charge in [0.1, 0.15) is 5.60 Å². The van der Waals surface area contributed by atoms with Gasteiger partial charge in [0.2, 0.25) is 0 Å². The predicted molar refractivity (Wildman–Crippen MR) is 105 cm³/mol. The van der Waals surface area contributed by atoms with Crippen molar-refractivity contribution in [3.05, 3.63) is 28.9 Å². The highest BCUT2D eigenvalue weighted by atomic mass is 79.9. The summed E-state index contributed by atoms with van der Waals surface area (Å²) in [6.45, 7) is 7.38. The van der Waals surface area contributed by atoms with Gasteiger partial charge in [0, 0.05) is 22.9 Å². The number of nitrogens with two attached hydrogens (primary N) is 2. The van der Waals surface area contributed by atoms with Gasteiger partial charge in [-0.05, 0) is 51.8 Å². The molecule has 0 bridgehead atoms. The maximum Gasteiger partial charge on any atom is 0.410 e. The zero-order valence-corrected chi connectivity index (χ0v) is 16.5. The number of likely N-dealkylation sites (tertiary alicyclic amines) is 1. The van der Waals surface area contributed by atoms with Crippen LogP contribution in [-0.2, 0) is 4.74 Å². The average molecular weight is 409 g/mol. The molecule has 1 aromatic carbocycles. The van der Waals surface area contributed by atoms with E-state index in [1.54, 1.807) is 11.1 Å². The lowest BCUT2D eigenvalue weighted by Crippen LogP contribution is -2.34. The number of ether oxygens (including phenoxy) is 1. The number of benzene rings is 1.